The van der Waals surface area contributed by atoms with Gasteiger partial charge >= 0.3 is 5.97 Å². The predicted octanol–water partition coefficient (Wildman–Crippen LogP) is 0.566. The van der Waals surface area contributed by atoms with E-state index in [0.29, 0.717) is 5.92 Å². The second kappa shape index (κ2) is 3.22. The van der Waals surface area contributed by atoms with Crippen LogP contribution in [0.15, 0.2) is 0 Å². The maximum atomic E-state index is 10.9. The molecule has 1 rings (SSSR count). The number of hydrogen-bond acceptors (Lipinski definition) is 3. The average molecular weight is 158 g/mol. The molecule has 1 saturated carbocycles. The Hall–Kier alpha value is -0.570. The van der Waals surface area contributed by atoms with Gasteiger partial charge in [-0.25, -0.2) is 0 Å². The molecule has 0 saturated heterocycles. The van der Waals surface area contributed by atoms with E-state index in [1.54, 1.807) is 6.92 Å². The molecule has 1 fully saturated rings. The van der Waals surface area contributed by atoms with Gasteiger partial charge in [0.15, 0.2) is 0 Å². The van der Waals surface area contributed by atoms with E-state index in [1.807, 2.05) is 0 Å². The Bertz CT molecular complexity index is 151. The van der Waals surface area contributed by atoms with Crippen molar-refractivity contribution in [2.24, 2.45) is 11.8 Å². The fourth-order valence-corrected chi connectivity index (χ4v) is 1.17. The Balaban J connectivity index is 2.38. The van der Waals surface area contributed by atoms with Crippen molar-refractivity contribution in [1.29, 1.82) is 0 Å². The highest BCUT2D eigenvalue weighted by Gasteiger charge is 2.36. The fourth-order valence-electron chi connectivity index (χ4n) is 1.17. The maximum Gasteiger partial charge on any atom is 0.311 e. The van der Waals surface area contributed by atoms with E-state index >= 15 is 0 Å². The maximum absolute atomic E-state index is 10.9. The van der Waals surface area contributed by atoms with Crippen molar-refractivity contribution < 1.29 is 14.6 Å². The van der Waals surface area contributed by atoms with Crippen molar-refractivity contribution >= 4 is 5.97 Å². The Morgan fingerprint density at radius 1 is 1.64 bits per heavy atom. The second-order valence-corrected chi connectivity index (χ2v) is 3.14. The molecule has 1 aliphatic carbocycles. The molecule has 0 unspecified atom stereocenters. The summed E-state index contributed by atoms with van der Waals surface area (Å²) in [7, 11) is 1.35. The van der Waals surface area contributed by atoms with Crippen LogP contribution in [0, 0.1) is 11.8 Å². The Morgan fingerprint density at radius 3 is 2.55 bits per heavy atom. The summed E-state index contributed by atoms with van der Waals surface area (Å²) in [6.45, 7) is 1.70. The molecule has 0 heterocycles. The highest BCUT2D eigenvalue weighted by atomic mass is 16.5. The van der Waals surface area contributed by atoms with Gasteiger partial charge in [-0.15, -0.1) is 0 Å². The number of aliphatic hydroxyl groups is 1. The Morgan fingerprint density at radius 2 is 2.18 bits per heavy atom. The summed E-state index contributed by atoms with van der Waals surface area (Å²) in [6, 6.07) is 0. The molecule has 0 aromatic carbocycles. The number of rotatable bonds is 3. The molecule has 0 spiro atoms. The molecular formula is C8H14O3. The second-order valence-electron chi connectivity index (χ2n) is 3.14. The lowest BCUT2D eigenvalue weighted by Crippen LogP contribution is -2.28. The van der Waals surface area contributed by atoms with E-state index in [4.69, 9.17) is 0 Å². The van der Waals surface area contributed by atoms with Crippen LogP contribution in [0.2, 0.25) is 0 Å². The van der Waals surface area contributed by atoms with Crippen molar-refractivity contribution in [2.45, 2.75) is 25.9 Å². The topological polar surface area (TPSA) is 46.5 Å². The summed E-state index contributed by atoms with van der Waals surface area (Å²) < 4.78 is 4.51. The van der Waals surface area contributed by atoms with Crippen molar-refractivity contribution in [2.75, 3.05) is 7.11 Å². The number of esters is 1. The quantitative estimate of drug-likeness (QED) is 0.611. The van der Waals surface area contributed by atoms with E-state index in [-0.39, 0.29) is 11.9 Å². The minimum atomic E-state index is -0.498. The summed E-state index contributed by atoms with van der Waals surface area (Å²) >= 11 is 0. The Kier molecular flexibility index (Phi) is 2.49. The average Bonchev–Trinajstić information content (AvgIpc) is 2.82. The third-order valence-electron chi connectivity index (χ3n) is 2.19. The largest absolute Gasteiger partial charge is 0.469 e. The number of carbonyl (C=O) groups is 1. The van der Waals surface area contributed by atoms with E-state index in [1.165, 1.54) is 7.11 Å². The molecule has 3 heteroatoms. The van der Waals surface area contributed by atoms with Crippen molar-refractivity contribution in [3.8, 4) is 0 Å². The van der Waals surface area contributed by atoms with Gasteiger partial charge in [-0.05, 0) is 25.7 Å². The zero-order valence-corrected chi connectivity index (χ0v) is 6.91. The van der Waals surface area contributed by atoms with Crippen LogP contribution in [0.1, 0.15) is 19.8 Å². The van der Waals surface area contributed by atoms with Crippen LogP contribution >= 0.6 is 0 Å². The molecule has 1 aliphatic rings. The highest BCUT2D eigenvalue weighted by molar-refractivity contribution is 5.72. The number of carbonyl (C=O) groups excluding carboxylic acids is 1. The number of hydrogen-bond donors (Lipinski definition) is 1. The van der Waals surface area contributed by atoms with E-state index in [9.17, 15) is 9.90 Å². The Labute approximate surface area is 66.4 Å². The summed E-state index contributed by atoms with van der Waals surface area (Å²) in [5, 5.41) is 9.46. The monoisotopic (exact) mass is 158 g/mol. The molecule has 0 bridgehead atoms. The van der Waals surface area contributed by atoms with Crippen LogP contribution < -0.4 is 0 Å². The lowest BCUT2D eigenvalue weighted by atomic mass is 10.0. The summed E-state index contributed by atoms with van der Waals surface area (Å²) in [5.41, 5.74) is 0. The predicted molar refractivity (Wildman–Crippen MR) is 39.9 cm³/mol. The van der Waals surface area contributed by atoms with E-state index in [2.05, 4.69) is 4.74 Å². The molecule has 3 nitrogen and oxygen atoms in total. The summed E-state index contributed by atoms with van der Waals surface area (Å²) in [6.07, 6.45) is 1.59. The van der Waals surface area contributed by atoms with Crippen LogP contribution in [0.3, 0.4) is 0 Å². The van der Waals surface area contributed by atoms with E-state index in [0.717, 1.165) is 12.8 Å². The first kappa shape index (κ1) is 8.53. The molecule has 2 atom stereocenters. The number of ether oxygens (including phenoxy) is 1. The zero-order valence-electron chi connectivity index (χ0n) is 6.91. The van der Waals surface area contributed by atoms with Crippen LogP contribution in [0.25, 0.3) is 0 Å². The molecule has 0 aliphatic heterocycles. The SMILES string of the molecule is COC(=O)[C@H](C)[C@H](O)C1CC1. The van der Waals surface area contributed by atoms with Gasteiger partial charge in [0, 0.05) is 0 Å². The minimum Gasteiger partial charge on any atom is -0.469 e. The van der Waals surface area contributed by atoms with Gasteiger partial charge in [0.25, 0.3) is 0 Å². The molecule has 0 radical (unpaired) electrons. The smallest absolute Gasteiger partial charge is 0.311 e. The van der Waals surface area contributed by atoms with Crippen molar-refractivity contribution in [3.63, 3.8) is 0 Å². The van der Waals surface area contributed by atoms with Crippen molar-refractivity contribution in [3.05, 3.63) is 0 Å². The van der Waals surface area contributed by atoms with Crippen LogP contribution in [-0.4, -0.2) is 24.3 Å². The molecule has 0 aromatic heterocycles. The zero-order chi connectivity index (χ0) is 8.43. The summed E-state index contributed by atoms with van der Waals surface area (Å²) in [4.78, 5) is 10.9. The molecule has 64 valence electrons. The first-order valence-electron chi connectivity index (χ1n) is 3.92. The van der Waals surface area contributed by atoms with Crippen LogP contribution in [0.5, 0.6) is 0 Å². The van der Waals surface area contributed by atoms with Crippen LogP contribution in [-0.2, 0) is 9.53 Å². The molecular weight excluding hydrogens is 144 g/mol. The first-order valence-corrected chi connectivity index (χ1v) is 3.92. The first-order chi connectivity index (χ1) is 5.16. The lowest BCUT2D eigenvalue weighted by Gasteiger charge is -2.15. The van der Waals surface area contributed by atoms with Gasteiger partial charge in [-0.1, -0.05) is 0 Å². The van der Waals surface area contributed by atoms with Gasteiger partial charge in [-0.3, -0.25) is 4.79 Å². The number of methoxy groups -OCH3 is 1. The fraction of sp³-hybridized carbons (Fsp3) is 0.875. The minimum absolute atomic E-state index is 0.315. The van der Waals surface area contributed by atoms with Gasteiger partial charge < -0.3 is 9.84 Å². The van der Waals surface area contributed by atoms with Gasteiger partial charge in [0.2, 0.25) is 0 Å². The van der Waals surface area contributed by atoms with Gasteiger partial charge in [-0.2, -0.15) is 0 Å². The van der Waals surface area contributed by atoms with Crippen molar-refractivity contribution in [1.82, 2.24) is 0 Å². The van der Waals surface area contributed by atoms with Gasteiger partial charge in [0.1, 0.15) is 0 Å². The van der Waals surface area contributed by atoms with E-state index < -0.39 is 6.10 Å². The molecule has 0 amide bonds. The summed E-state index contributed by atoms with van der Waals surface area (Å²) in [5.74, 6) is -0.346. The molecule has 1 N–H and O–H groups in total. The number of aliphatic hydroxyl groups excluding tert-OH is 1. The third kappa shape index (κ3) is 1.93. The molecule has 11 heavy (non-hydrogen) atoms. The molecule has 0 aromatic rings. The lowest BCUT2D eigenvalue weighted by molar-refractivity contribution is -0.149. The highest BCUT2D eigenvalue weighted by Crippen LogP contribution is 2.35. The van der Waals surface area contributed by atoms with Crippen LogP contribution in [0.4, 0.5) is 0 Å². The standard InChI is InChI=1S/C8H14O3/c1-5(8(10)11-2)7(9)6-3-4-6/h5-7,9H,3-4H2,1-2H3/t5-,7+/m1/s1. The van der Waals surface area contributed by atoms with Gasteiger partial charge in [0.05, 0.1) is 19.1 Å². The normalized spacial score (nSPS) is 22.5. The third-order valence-corrected chi connectivity index (χ3v) is 2.19.